The Morgan fingerprint density at radius 1 is 1.29 bits per heavy atom. The first-order chi connectivity index (χ1) is 9.91. The summed E-state index contributed by atoms with van der Waals surface area (Å²) in [6.07, 6.45) is 2.84. The minimum atomic E-state index is -3.49. The van der Waals surface area contributed by atoms with Gasteiger partial charge in [0.05, 0.1) is 4.90 Å². The van der Waals surface area contributed by atoms with Gasteiger partial charge in [-0.1, -0.05) is 12.5 Å². The fourth-order valence-electron chi connectivity index (χ4n) is 2.23. The number of hydrogen-bond acceptors (Lipinski definition) is 3. The SMILES string of the molecule is C[C@@H](Cl)C(=O)Nc1cccc(S(=O)(=O)N2CCCCC2)c1. The molecule has 2 rings (SSSR count). The zero-order valence-corrected chi connectivity index (χ0v) is 13.5. The first-order valence-electron chi connectivity index (χ1n) is 6.96. The quantitative estimate of drug-likeness (QED) is 0.862. The molecule has 0 unspecified atom stereocenters. The van der Waals surface area contributed by atoms with Crippen molar-refractivity contribution in [3.8, 4) is 0 Å². The van der Waals surface area contributed by atoms with E-state index in [4.69, 9.17) is 11.6 Å². The third-order valence-corrected chi connectivity index (χ3v) is 5.51. The van der Waals surface area contributed by atoms with Crippen LogP contribution in [0, 0.1) is 0 Å². The van der Waals surface area contributed by atoms with Gasteiger partial charge >= 0.3 is 0 Å². The van der Waals surface area contributed by atoms with Crippen LogP contribution in [0.1, 0.15) is 26.2 Å². The van der Waals surface area contributed by atoms with Crippen molar-refractivity contribution in [2.24, 2.45) is 0 Å². The van der Waals surface area contributed by atoms with Crippen molar-refractivity contribution in [3.63, 3.8) is 0 Å². The maximum Gasteiger partial charge on any atom is 0.243 e. The molecule has 116 valence electrons. The summed E-state index contributed by atoms with van der Waals surface area (Å²) in [4.78, 5) is 11.8. The molecule has 0 aromatic heterocycles. The average Bonchev–Trinajstić information content (AvgIpc) is 2.48. The second kappa shape index (κ2) is 6.77. The molecule has 0 spiro atoms. The molecule has 7 heteroatoms. The van der Waals surface area contributed by atoms with Crippen LogP contribution in [0.4, 0.5) is 5.69 Å². The number of piperidine rings is 1. The molecule has 1 aromatic carbocycles. The number of halogens is 1. The zero-order valence-electron chi connectivity index (χ0n) is 11.9. The molecular formula is C14H19ClN2O3S. The summed E-state index contributed by atoms with van der Waals surface area (Å²) < 4.78 is 26.6. The highest BCUT2D eigenvalue weighted by Gasteiger charge is 2.26. The van der Waals surface area contributed by atoms with Crippen molar-refractivity contribution < 1.29 is 13.2 Å². The first-order valence-corrected chi connectivity index (χ1v) is 8.84. The van der Waals surface area contributed by atoms with E-state index in [1.165, 1.54) is 10.4 Å². The molecule has 1 N–H and O–H groups in total. The van der Waals surface area contributed by atoms with E-state index in [1.807, 2.05) is 0 Å². The van der Waals surface area contributed by atoms with Crippen molar-refractivity contribution >= 4 is 33.2 Å². The summed E-state index contributed by atoms with van der Waals surface area (Å²) in [7, 11) is -3.49. The van der Waals surface area contributed by atoms with Crippen LogP contribution < -0.4 is 5.32 Å². The van der Waals surface area contributed by atoms with E-state index in [2.05, 4.69) is 5.32 Å². The number of carbonyl (C=O) groups is 1. The Balaban J connectivity index is 2.21. The summed E-state index contributed by atoms with van der Waals surface area (Å²) in [5.41, 5.74) is 0.436. The van der Waals surface area contributed by atoms with E-state index in [0.717, 1.165) is 19.3 Å². The lowest BCUT2D eigenvalue weighted by atomic mass is 10.2. The van der Waals surface area contributed by atoms with Crippen LogP contribution in [-0.4, -0.2) is 37.1 Å². The highest BCUT2D eigenvalue weighted by atomic mass is 35.5. The standard InChI is InChI=1S/C14H19ClN2O3S/c1-11(15)14(18)16-12-6-5-7-13(10-12)21(19,20)17-8-3-2-4-9-17/h5-7,10-11H,2-4,8-9H2,1H3,(H,16,18)/t11-/m1/s1. The van der Waals surface area contributed by atoms with Gasteiger partial charge in [-0.15, -0.1) is 11.6 Å². The van der Waals surface area contributed by atoms with Gasteiger partial charge in [-0.25, -0.2) is 8.42 Å². The number of benzene rings is 1. The molecule has 0 radical (unpaired) electrons. The lowest BCUT2D eigenvalue weighted by molar-refractivity contribution is -0.115. The lowest BCUT2D eigenvalue weighted by Crippen LogP contribution is -2.35. The average molecular weight is 331 g/mol. The van der Waals surface area contributed by atoms with Gasteiger partial charge in [0.2, 0.25) is 15.9 Å². The van der Waals surface area contributed by atoms with E-state index in [-0.39, 0.29) is 10.8 Å². The molecule has 1 atom stereocenters. The molecule has 0 bridgehead atoms. The van der Waals surface area contributed by atoms with E-state index < -0.39 is 15.4 Å². The Hall–Kier alpha value is -1.11. The van der Waals surface area contributed by atoms with Gasteiger partial charge in [-0.05, 0) is 38.0 Å². The number of alkyl halides is 1. The normalized spacial score (nSPS) is 18.2. The Morgan fingerprint density at radius 3 is 2.57 bits per heavy atom. The highest BCUT2D eigenvalue weighted by Crippen LogP contribution is 2.23. The Kier molecular flexibility index (Phi) is 5.24. The van der Waals surface area contributed by atoms with Crippen LogP contribution >= 0.6 is 11.6 Å². The van der Waals surface area contributed by atoms with E-state index in [1.54, 1.807) is 25.1 Å². The van der Waals surface area contributed by atoms with Crippen LogP contribution in [-0.2, 0) is 14.8 Å². The number of nitrogens with zero attached hydrogens (tertiary/aromatic N) is 1. The molecule has 0 aliphatic carbocycles. The summed E-state index contributed by atoms with van der Waals surface area (Å²) in [6.45, 7) is 2.67. The van der Waals surface area contributed by atoms with E-state index >= 15 is 0 Å². The molecule has 1 heterocycles. The summed E-state index contributed by atoms with van der Waals surface area (Å²) >= 11 is 5.69. The van der Waals surface area contributed by atoms with Gasteiger partial charge in [-0.2, -0.15) is 4.31 Å². The van der Waals surface area contributed by atoms with Gasteiger partial charge in [-0.3, -0.25) is 4.79 Å². The van der Waals surface area contributed by atoms with Crippen LogP contribution in [0.3, 0.4) is 0 Å². The van der Waals surface area contributed by atoms with Gasteiger partial charge in [0.1, 0.15) is 5.38 Å². The summed E-state index contributed by atoms with van der Waals surface area (Å²) in [6, 6.07) is 6.28. The molecule has 1 aliphatic heterocycles. The zero-order chi connectivity index (χ0) is 15.5. The second-order valence-corrected chi connectivity index (χ2v) is 7.69. The summed E-state index contributed by atoms with van der Waals surface area (Å²) in [5.74, 6) is -0.357. The minimum Gasteiger partial charge on any atom is -0.325 e. The molecule has 1 saturated heterocycles. The van der Waals surface area contributed by atoms with Gasteiger partial charge < -0.3 is 5.32 Å². The van der Waals surface area contributed by atoms with Crippen molar-refractivity contribution in [1.82, 2.24) is 4.31 Å². The minimum absolute atomic E-state index is 0.199. The number of sulfonamides is 1. The first kappa shape index (κ1) is 16.3. The fourth-order valence-corrected chi connectivity index (χ4v) is 3.85. The molecule has 1 aliphatic rings. The third kappa shape index (κ3) is 3.96. The predicted octanol–water partition coefficient (Wildman–Crippen LogP) is 2.43. The number of hydrogen-bond donors (Lipinski definition) is 1. The van der Waals surface area contributed by atoms with Crippen LogP contribution in [0.2, 0.25) is 0 Å². The highest BCUT2D eigenvalue weighted by molar-refractivity contribution is 7.89. The Morgan fingerprint density at radius 2 is 1.95 bits per heavy atom. The number of amides is 1. The molecular weight excluding hydrogens is 312 g/mol. The smallest absolute Gasteiger partial charge is 0.243 e. The fraction of sp³-hybridized carbons (Fsp3) is 0.500. The molecule has 5 nitrogen and oxygen atoms in total. The predicted molar refractivity (Wildman–Crippen MR) is 83.0 cm³/mol. The monoisotopic (exact) mass is 330 g/mol. The lowest BCUT2D eigenvalue weighted by Gasteiger charge is -2.26. The van der Waals surface area contributed by atoms with E-state index in [0.29, 0.717) is 18.8 Å². The van der Waals surface area contributed by atoms with Crippen molar-refractivity contribution in [1.29, 1.82) is 0 Å². The molecule has 0 saturated carbocycles. The van der Waals surface area contributed by atoms with Crippen LogP contribution in [0.25, 0.3) is 0 Å². The molecule has 21 heavy (non-hydrogen) atoms. The van der Waals surface area contributed by atoms with Gasteiger partial charge in [0, 0.05) is 18.8 Å². The number of carbonyl (C=O) groups excluding carboxylic acids is 1. The topological polar surface area (TPSA) is 66.5 Å². The van der Waals surface area contributed by atoms with Crippen LogP contribution in [0.15, 0.2) is 29.2 Å². The largest absolute Gasteiger partial charge is 0.325 e. The number of anilines is 1. The van der Waals surface area contributed by atoms with E-state index in [9.17, 15) is 13.2 Å². The van der Waals surface area contributed by atoms with Crippen molar-refractivity contribution in [2.75, 3.05) is 18.4 Å². The Bertz CT molecular complexity index is 610. The Labute approximate surface area is 130 Å². The molecule has 1 fully saturated rings. The number of rotatable bonds is 4. The maximum absolute atomic E-state index is 12.5. The summed E-state index contributed by atoms with van der Waals surface area (Å²) in [5, 5.41) is 1.93. The van der Waals surface area contributed by atoms with Crippen molar-refractivity contribution in [3.05, 3.63) is 24.3 Å². The number of nitrogens with one attached hydrogen (secondary N) is 1. The van der Waals surface area contributed by atoms with Crippen LogP contribution in [0.5, 0.6) is 0 Å². The maximum atomic E-state index is 12.5. The second-order valence-electron chi connectivity index (χ2n) is 5.10. The molecule has 1 aromatic rings. The molecule has 1 amide bonds. The van der Waals surface area contributed by atoms with Gasteiger partial charge in [0.15, 0.2) is 0 Å². The third-order valence-electron chi connectivity index (χ3n) is 3.42. The van der Waals surface area contributed by atoms with Gasteiger partial charge in [0.25, 0.3) is 0 Å². The van der Waals surface area contributed by atoms with Crippen molar-refractivity contribution in [2.45, 2.75) is 36.5 Å².